The summed E-state index contributed by atoms with van der Waals surface area (Å²) in [6.45, 7) is 4.67. The van der Waals surface area contributed by atoms with E-state index in [1.807, 2.05) is 45.5 Å². The van der Waals surface area contributed by atoms with Crippen molar-refractivity contribution in [3.63, 3.8) is 0 Å². The van der Waals surface area contributed by atoms with Gasteiger partial charge in [-0.2, -0.15) is 0 Å². The van der Waals surface area contributed by atoms with E-state index in [0.717, 1.165) is 31.2 Å². The number of likely N-dealkylation sites (N-methyl/N-ethyl adjacent to an activating group) is 3. The molecule has 5 nitrogen and oxygen atoms in total. The summed E-state index contributed by atoms with van der Waals surface area (Å²) in [6.07, 6.45) is 3.71. The van der Waals surface area contributed by atoms with Gasteiger partial charge in [0.05, 0.1) is 24.8 Å². The molecule has 0 bridgehead atoms. The van der Waals surface area contributed by atoms with Gasteiger partial charge in [-0.1, -0.05) is 0 Å². The quantitative estimate of drug-likeness (QED) is 0.553. The van der Waals surface area contributed by atoms with Crippen LogP contribution in [0.3, 0.4) is 0 Å². The summed E-state index contributed by atoms with van der Waals surface area (Å²) in [7, 11) is 5.98. The number of rotatable bonds is 4. The summed E-state index contributed by atoms with van der Waals surface area (Å²) in [5.74, 6) is 1.02. The summed E-state index contributed by atoms with van der Waals surface area (Å²) < 4.78 is 0. The fourth-order valence-electron chi connectivity index (χ4n) is 1.28. The van der Waals surface area contributed by atoms with Gasteiger partial charge in [-0.05, 0) is 14.0 Å². The van der Waals surface area contributed by atoms with Crippen LogP contribution in [0.25, 0.3) is 0 Å². The number of nitrogens with zero attached hydrogens (tertiary/aromatic N) is 4. The minimum absolute atomic E-state index is 0.730. The van der Waals surface area contributed by atoms with Gasteiger partial charge in [0.2, 0.25) is 0 Å². The van der Waals surface area contributed by atoms with E-state index in [-0.39, 0.29) is 0 Å². The van der Waals surface area contributed by atoms with E-state index >= 15 is 0 Å². The molecule has 1 aliphatic rings. The molecule has 0 saturated carbocycles. The maximum atomic E-state index is 4.44. The third-order valence-corrected chi connectivity index (χ3v) is 2.61. The van der Waals surface area contributed by atoms with E-state index in [1.165, 1.54) is 0 Å². The van der Waals surface area contributed by atoms with Crippen molar-refractivity contribution in [2.24, 2.45) is 9.98 Å². The maximum absolute atomic E-state index is 4.44. The number of aliphatic imine (C=N–C) groups is 2. The first-order valence-electron chi connectivity index (χ1n) is 5.47. The smallest absolute Gasteiger partial charge is 0.101 e. The van der Waals surface area contributed by atoms with Crippen LogP contribution in [0.15, 0.2) is 21.9 Å². The zero-order chi connectivity index (χ0) is 12.0. The monoisotopic (exact) mass is 223 g/mol. The first-order chi connectivity index (χ1) is 7.65. The van der Waals surface area contributed by atoms with Crippen molar-refractivity contribution in [2.45, 2.75) is 6.92 Å². The van der Waals surface area contributed by atoms with Crippen LogP contribution in [-0.4, -0.2) is 62.8 Å². The number of hydrogen-bond donors (Lipinski definition) is 1. The molecular weight excluding hydrogens is 202 g/mol. The molecule has 0 aromatic heterocycles. The minimum Gasteiger partial charge on any atom is -0.362 e. The standard InChI is InChI=1S/C11H21N5/c1-10(15(3)6-5-12-2)14-8-11-7-13-9-16(11)4/h8-9,12H,5-7H2,1-4H3/b11-8+,14-10+. The summed E-state index contributed by atoms with van der Waals surface area (Å²) in [5, 5.41) is 3.12. The molecule has 0 amide bonds. The average molecular weight is 223 g/mol. The van der Waals surface area contributed by atoms with E-state index in [1.54, 1.807) is 0 Å². The molecule has 0 aliphatic carbocycles. The summed E-state index contributed by atoms with van der Waals surface area (Å²) >= 11 is 0. The van der Waals surface area contributed by atoms with Crippen molar-refractivity contribution >= 4 is 12.2 Å². The van der Waals surface area contributed by atoms with Crippen LogP contribution in [-0.2, 0) is 0 Å². The second-order valence-corrected chi connectivity index (χ2v) is 3.89. The minimum atomic E-state index is 0.730. The van der Waals surface area contributed by atoms with Crippen molar-refractivity contribution in [3.05, 3.63) is 11.9 Å². The van der Waals surface area contributed by atoms with Gasteiger partial charge in [0, 0.05) is 27.2 Å². The van der Waals surface area contributed by atoms with E-state index in [2.05, 4.69) is 20.2 Å². The molecule has 0 aromatic carbocycles. The van der Waals surface area contributed by atoms with Gasteiger partial charge in [-0.3, -0.25) is 4.99 Å². The van der Waals surface area contributed by atoms with Crippen LogP contribution >= 0.6 is 0 Å². The van der Waals surface area contributed by atoms with Crippen molar-refractivity contribution in [1.82, 2.24) is 15.1 Å². The van der Waals surface area contributed by atoms with Crippen molar-refractivity contribution in [3.8, 4) is 0 Å². The summed E-state index contributed by atoms with van der Waals surface area (Å²) in [4.78, 5) is 12.7. The first-order valence-corrected chi connectivity index (χ1v) is 5.47. The highest BCUT2D eigenvalue weighted by Gasteiger charge is 2.06. The lowest BCUT2D eigenvalue weighted by atomic mass is 10.4. The van der Waals surface area contributed by atoms with Crippen molar-refractivity contribution in [1.29, 1.82) is 0 Å². The highest BCUT2D eigenvalue weighted by molar-refractivity contribution is 5.80. The number of hydrogen-bond acceptors (Lipinski definition) is 4. The Labute approximate surface area is 97.6 Å². The van der Waals surface area contributed by atoms with Gasteiger partial charge in [0.1, 0.15) is 5.84 Å². The molecule has 0 unspecified atom stereocenters. The lowest BCUT2D eigenvalue weighted by Crippen LogP contribution is -2.31. The van der Waals surface area contributed by atoms with Gasteiger partial charge in [-0.25, -0.2) is 4.99 Å². The van der Waals surface area contributed by atoms with E-state index < -0.39 is 0 Å². The molecule has 1 N–H and O–H groups in total. The lowest BCUT2D eigenvalue weighted by Gasteiger charge is -2.17. The van der Waals surface area contributed by atoms with Gasteiger partial charge in [0.25, 0.3) is 0 Å². The normalized spacial score (nSPS) is 18.6. The highest BCUT2D eigenvalue weighted by Crippen LogP contribution is 2.06. The molecule has 90 valence electrons. The lowest BCUT2D eigenvalue weighted by molar-refractivity contribution is 0.492. The molecule has 0 radical (unpaired) electrons. The second-order valence-electron chi connectivity index (χ2n) is 3.89. The fraction of sp³-hybridized carbons (Fsp3) is 0.636. The molecule has 1 rings (SSSR count). The Morgan fingerprint density at radius 2 is 2.50 bits per heavy atom. The van der Waals surface area contributed by atoms with Crippen LogP contribution in [0.1, 0.15) is 6.92 Å². The summed E-state index contributed by atoms with van der Waals surface area (Å²) in [5.41, 5.74) is 1.13. The Kier molecular flexibility index (Phi) is 4.98. The molecule has 16 heavy (non-hydrogen) atoms. The second kappa shape index (κ2) is 6.27. The van der Waals surface area contributed by atoms with E-state index in [0.29, 0.717) is 0 Å². The largest absolute Gasteiger partial charge is 0.362 e. The van der Waals surface area contributed by atoms with Gasteiger partial charge in [0.15, 0.2) is 0 Å². The molecule has 1 aliphatic heterocycles. The van der Waals surface area contributed by atoms with Crippen molar-refractivity contribution < 1.29 is 0 Å². The molecule has 0 atom stereocenters. The van der Waals surface area contributed by atoms with E-state index in [4.69, 9.17) is 0 Å². The van der Waals surface area contributed by atoms with Gasteiger partial charge < -0.3 is 15.1 Å². The van der Waals surface area contributed by atoms with Crippen LogP contribution in [0.5, 0.6) is 0 Å². The van der Waals surface area contributed by atoms with Gasteiger partial charge >= 0.3 is 0 Å². The molecule has 1 heterocycles. The first kappa shape index (κ1) is 12.7. The van der Waals surface area contributed by atoms with Crippen LogP contribution in [0, 0.1) is 0 Å². The predicted octanol–water partition coefficient (Wildman–Crippen LogP) is 0.371. The predicted molar refractivity (Wildman–Crippen MR) is 68.9 cm³/mol. The average Bonchev–Trinajstić information content (AvgIpc) is 2.68. The molecule has 0 fully saturated rings. The Morgan fingerprint density at radius 1 is 1.75 bits per heavy atom. The van der Waals surface area contributed by atoms with Crippen LogP contribution < -0.4 is 5.32 Å². The summed E-state index contributed by atoms with van der Waals surface area (Å²) in [6, 6.07) is 0. The third kappa shape index (κ3) is 3.66. The molecule has 5 heteroatoms. The Hall–Kier alpha value is -1.36. The molecule has 0 aromatic rings. The van der Waals surface area contributed by atoms with Gasteiger partial charge in [-0.15, -0.1) is 0 Å². The maximum Gasteiger partial charge on any atom is 0.101 e. The van der Waals surface area contributed by atoms with Crippen LogP contribution in [0.4, 0.5) is 0 Å². The number of nitrogens with one attached hydrogen (secondary N) is 1. The zero-order valence-corrected chi connectivity index (χ0v) is 10.6. The Bertz CT molecular complexity index is 305. The third-order valence-electron chi connectivity index (χ3n) is 2.61. The fourth-order valence-corrected chi connectivity index (χ4v) is 1.28. The molecular formula is C11H21N5. The van der Waals surface area contributed by atoms with Crippen molar-refractivity contribution in [2.75, 3.05) is 40.8 Å². The zero-order valence-electron chi connectivity index (χ0n) is 10.6. The van der Waals surface area contributed by atoms with Crippen LogP contribution in [0.2, 0.25) is 0 Å². The Balaban J connectivity index is 2.49. The highest BCUT2D eigenvalue weighted by atomic mass is 15.2. The number of amidine groups is 1. The molecule has 0 spiro atoms. The molecule has 0 saturated heterocycles. The Morgan fingerprint density at radius 3 is 3.06 bits per heavy atom. The topological polar surface area (TPSA) is 43.2 Å². The van der Waals surface area contributed by atoms with E-state index in [9.17, 15) is 0 Å². The SMILES string of the molecule is CNCCN(C)/C(C)=N/C=C1\CN=CN1C.